The van der Waals surface area contributed by atoms with Crippen molar-refractivity contribution in [1.29, 1.82) is 0 Å². The minimum atomic E-state index is -0.455. The highest BCUT2D eigenvalue weighted by molar-refractivity contribution is 5.71. The molecule has 4 rings (SSSR count). The van der Waals surface area contributed by atoms with Gasteiger partial charge in [-0.3, -0.25) is 9.97 Å². The Hall–Kier alpha value is -3.16. The molecule has 0 radical (unpaired) electrons. The number of H-pyrrole nitrogens is 2. The van der Waals surface area contributed by atoms with E-state index in [1.807, 2.05) is 26.0 Å². The van der Waals surface area contributed by atoms with Crippen molar-refractivity contribution in [2.24, 2.45) is 0 Å². The van der Waals surface area contributed by atoms with Crippen molar-refractivity contribution < 1.29 is 8.83 Å². The van der Waals surface area contributed by atoms with Crippen LogP contribution in [0.4, 0.5) is 0 Å². The van der Waals surface area contributed by atoms with Crippen molar-refractivity contribution in [3.63, 3.8) is 0 Å². The summed E-state index contributed by atoms with van der Waals surface area (Å²) in [5.41, 5.74) is 4.20. The maximum atomic E-state index is 10.9. The molecule has 0 fully saturated rings. The molecule has 0 bridgehead atoms. The molecule has 2 N–H and O–H groups in total. The van der Waals surface area contributed by atoms with E-state index in [9.17, 15) is 9.59 Å². The van der Waals surface area contributed by atoms with Crippen LogP contribution in [-0.4, -0.2) is 19.9 Å². The van der Waals surface area contributed by atoms with E-state index in [0.717, 1.165) is 11.1 Å². The van der Waals surface area contributed by atoms with Crippen LogP contribution >= 0.6 is 0 Å². The Labute approximate surface area is 148 Å². The standard InChI is InChI=1S/2C9H10N2O2/c1-5(2)6-3-7-8(10-4-6)11-9(12)13-7;1-5(2)6-3-4-10-8-7(6)13-9(12)11-8/h2*3-5H,1-2H3,(H,10,11,12). The Bertz CT molecular complexity index is 1150. The smallest absolute Gasteiger partial charge is 0.406 e. The fourth-order valence-electron chi connectivity index (χ4n) is 2.50. The number of aromatic nitrogens is 4. The Kier molecular flexibility index (Phi) is 4.75. The number of hydrogen-bond donors (Lipinski definition) is 2. The maximum absolute atomic E-state index is 10.9. The number of pyridine rings is 2. The monoisotopic (exact) mass is 356 g/mol. The van der Waals surface area contributed by atoms with Gasteiger partial charge in [0.25, 0.3) is 0 Å². The largest absolute Gasteiger partial charge is 0.418 e. The molecule has 136 valence electrons. The van der Waals surface area contributed by atoms with Crippen molar-refractivity contribution in [2.45, 2.75) is 39.5 Å². The number of fused-ring (bicyclic) bond motifs is 2. The van der Waals surface area contributed by atoms with Crippen LogP contribution in [0.3, 0.4) is 0 Å². The Morgan fingerprint density at radius 2 is 1.62 bits per heavy atom. The molecule has 8 heteroatoms. The summed E-state index contributed by atoms with van der Waals surface area (Å²) in [5.74, 6) is -0.194. The summed E-state index contributed by atoms with van der Waals surface area (Å²) in [6.45, 7) is 8.21. The normalized spacial score (nSPS) is 11.3. The van der Waals surface area contributed by atoms with Gasteiger partial charge in [-0.15, -0.1) is 0 Å². The van der Waals surface area contributed by atoms with E-state index in [-0.39, 0.29) is 0 Å². The van der Waals surface area contributed by atoms with E-state index in [4.69, 9.17) is 8.83 Å². The van der Waals surface area contributed by atoms with Gasteiger partial charge in [-0.1, -0.05) is 27.7 Å². The zero-order valence-corrected chi connectivity index (χ0v) is 15.0. The number of hydrogen-bond acceptors (Lipinski definition) is 6. The molecule has 0 spiro atoms. The van der Waals surface area contributed by atoms with Crippen LogP contribution in [-0.2, 0) is 0 Å². The van der Waals surface area contributed by atoms with Crippen LogP contribution in [0.1, 0.15) is 50.7 Å². The van der Waals surface area contributed by atoms with Crippen LogP contribution < -0.4 is 11.5 Å². The second-order valence-electron chi connectivity index (χ2n) is 6.53. The number of rotatable bonds is 2. The summed E-state index contributed by atoms with van der Waals surface area (Å²) >= 11 is 0. The highest BCUT2D eigenvalue weighted by atomic mass is 16.4. The van der Waals surface area contributed by atoms with E-state index < -0.39 is 11.5 Å². The van der Waals surface area contributed by atoms with Gasteiger partial charge in [-0.25, -0.2) is 19.6 Å². The molecule has 0 atom stereocenters. The predicted molar refractivity (Wildman–Crippen MR) is 97.4 cm³/mol. The van der Waals surface area contributed by atoms with Gasteiger partial charge in [0.05, 0.1) is 0 Å². The molecule has 0 aliphatic heterocycles. The van der Waals surface area contributed by atoms with Gasteiger partial charge < -0.3 is 8.83 Å². The Morgan fingerprint density at radius 3 is 2.31 bits per heavy atom. The molecule has 4 aromatic rings. The molecule has 0 saturated heterocycles. The molecule has 0 unspecified atom stereocenters. The lowest BCUT2D eigenvalue weighted by molar-refractivity contribution is 0.549. The molecule has 0 saturated carbocycles. The van der Waals surface area contributed by atoms with E-state index in [0.29, 0.717) is 34.3 Å². The average molecular weight is 356 g/mol. The van der Waals surface area contributed by atoms with Gasteiger partial charge in [-0.2, -0.15) is 0 Å². The first-order valence-electron chi connectivity index (χ1n) is 8.31. The topological polar surface area (TPSA) is 118 Å². The zero-order chi connectivity index (χ0) is 18.8. The van der Waals surface area contributed by atoms with Crippen LogP contribution in [0, 0.1) is 0 Å². The van der Waals surface area contributed by atoms with Gasteiger partial charge >= 0.3 is 11.5 Å². The van der Waals surface area contributed by atoms with Gasteiger partial charge in [0, 0.05) is 18.0 Å². The van der Waals surface area contributed by atoms with Crippen molar-refractivity contribution >= 4 is 22.5 Å². The third-order valence-electron chi connectivity index (χ3n) is 3.94. The Morgan fingerprint density at radius 1 is 0.923 bits per heavy atom. The highest BCUT2D eigenvalue weighted by Gasteiger charge is 2.10. The lowest BCUT2D eigenvalue weighted by Crippen LogP contribution is -1.93. The first kappa shape index (κ1) is 17.7. The van der Waals surface area contributed by atoms with E-state index >= 15 is 0 Å². The van der Waals surface area contributed by atoms with Gasteiger partial charge in [0.1, 0.15) is 0 Å². The summed E-state index contributed by atoms with van der Waals surface area (Å²) in [6, 6.07) is 3.70. The average Bonchev–Trinajstić information content (AvgIpc) is 3.14. The number of oxazole rings is 2. The van der Waals surface area contributed by atoms with Crippen molar-refractivity contribution in [3.8, 4) is 0 Å². The van der Waals surface area contributed by atoms with Crippen LogP contribution in [0.5, 0.6) is 0 Å². The fourth-order valence-corrected chi connectivity index (χ4v) is 2.50. The number of aromatic amines is 2. The lowest BCUT2D eigenvalue weighted by atomic mass is 10.0. The third-order valence-corrected chi connectivity index (χ3v) is 3.94. The van der Waals surface area contributed by atoms with Gasteiger partial charge in [-0.05, 0) is 29.5 Å². The molecule has 8 nitrogen and oxygen atoms in total. The molecule has 4 aromatic heterocycles. The minimum Gasteiger partial charge on any atom is -0.406 e. The quantitative estimate of drug-likeness (QED) is 0.569. The van der Waals surface area contributed by atoms with Gasteiger partial charge in [0.15, 0.2) is 22.5 Å². The highest BCUT2D eigenvalue weighted by Crippen LogP contribution is 2.21. The molecule has 0 amide bonds. The maximum Gasteiger partial charge on any atom is 0.418 e. The number of nitrogens with zero attached hydrogens (tertiary/aromatic N) is 2. The summed E-state index contributed by atoms with van der Waals surface area (Å²) in [4.78, 5) is 34.8. The molecule has 0 aliphatic rings. The molecular weight excluding hydrogens is 336 g/mol. The predicted octanol–water partition coefficient (Wildman–Crippen LogP) is 3.28. The second kappa shape index (κ2) is 6.99. The second-order valence-corrected chi connectivity index (χ2v) is 6.53. The van der Waals surface area contributed by atoms with Crippen LogP contribution in [0.2, 0.25) is 0 Å². The van der Waals surface area contributed by atoms with E-state index in [2.05, 4.69) is 33.8 Å². The van der Waals surface area contributed by atoms with Crippen molar-refractivity contribution in [3.05, 3.63) is 56.8 Å². The SMILES string of the molecule is CC(C)c1ccnc2[nH]c(=O)oc12.CC(C)c1cnc2[nH]c(=O)oc2c1. The van der Waals surface area contributed by atoms with Crippen LogP contribution in [0.15, 0.2) is 42.9 Å². The zero-order valence-electron chi connectivity index (χ0n) is 15.0. The van der Waals surface area contributed by atoms with E-state index in [1.165, 1.54) is 0 Å². The molecule has 26 heavy (non-hydrogen) atoms. The fraction of sp³-hybridized carbons (Fsp3) is 0.333. The molecule has 0 aliphatic carbocycles. The lowest BCUT2D eigenvalue weighted by Gasteiger charge is -2.02. The van der Waals surface area contributed by atoms with Gasteiger partial charge in [0.2, 0.25) is 0 Å². The van der Waals surface area contributed by atoms with Crippen molar-refractivity contribution in [2.75, 3.05) is 0 Å². The molecular formula is C18H20N4O4. The summed E-state index contributed by atoms with van der Waals surface area (Å²) < 4.78 is 9.87. The Balaban J connectivity index is 0.000000151. The minimum absolute atomic E-state index is 0.324. The summed E-state index contributed by atoms with van der Waals surface area (Å²) in [7, 11) is 0. The summed E-state index contributed by atoms with van der Waals surface area (Å²) in [5, 5.41) is 0. The van der Waals surface area contributed by atoms with Crippen molar-refractivity contribution in [1.82, 2.24) is 19.9 Å². The first-order valence-corrected chi connectivity index (χ1v) is 8.31. The third kappa shape index (κ3) is 3.58. The van der Waals surface area contributed by atoms with Crippen LogP contribution in [0.25, 0.3) is 22.5 Å². The summed E-state index contributed by atoms with van der Waals surface area (Å²) in [6.07, 6.45) is 3.42. The molecule has 4 heterocycles. The van der Waals surface area contributed by atoms with E-state index in [1.54, 1.807) is 12.4 Å². The molecule has 0 aromatic carbocycles. The first-order chi connectivity index (χ1) is 12.3. The number of nitrogens with one attached hydrogen (secondary N) is 2.